The molecule has 1 aliphatic heterocycles. The summed E-state index contributed by atoms with van der Waals surface area (Å²) >= 11 is 0. The van der Waals surface area contributed by atoms with Gasteiger partial charge in [0, 0.05) is 24.8 Å². The van der Waals surface area contributed by atoms with Crippen LogP contribution in [-0.2, 0) is 5.54 Å². The fourth-order valence-corrected chi connectivity index (χ4v) is 2.27. The lowest BCUT2D eigenvalue weighted by Crippen LogP contribution is -2.43. The highest BCUT2D eigenvalue weighted by Crippen LogP contribution is 2.37. The van der Waals surface area contributed by atoms with E-state index in [-0.39, 0.29) is 5.54 Å². The molecule has 1 aliphatic rings. The first-order valence-electron chi connectivity index (χ1n) is 5.12. The van der Waals surface area contributed by atoms with E-state index in [0.717, 1.165) is 13.0 Å². The van der Waals surface area contributed by atoms with E-state index in [4.69, 9.17) is 5.73 Å². The van der Waals surface area contributed by atoms with Crippen molar-refractivity contribution in [2.45, 2.75) is 25.8 Å². The van der Waals surface area contributed by atoms with Crippen LogP contribution in [0.3, 0.4) is 0 Å². The quantitative estimate of drug-likeness (QED) is 0.678. The third-order valence-corrected chi connectivity index (χ3v) is 3.20. The van der Waals surface area contributed by atoms with Crippen molar-refractivity contribution in [3.05, 3.63) is 29.3 Å². The van der Waals surface area contributed by atoms with Gasteiger partial charge in [-0.1, -0.05) is 18.2 Å². The standard InChI is InChI=1S/C12H18N2/c1-9-5-4-6-10-11(9)14(3)8-7-12(10,2)13/h4-6H,7-8,13H2,1-3H3. The highest BCUT2D eigenvalue weighted by molar-refractivity contribution is 5.62. The van der Waals surface area contributed by atoms with Gasteiger partial charge in [-0.15, -0.1) is 0 Å². The van der Waals surface area contributed by atoms with Gasteiger partial charge in [0.2, 0.25) is 0 Å². The van der Waals surface area contributed by atoms with E-state index >= 15 is 0 Å². The molecule has 1 aromatic carbocycles. The van der Waals surface area contributed by atoms with Crippen LogP contribution in [0.4, 0.5) is 5.69 Å². The Labute approximate surface area is 85.7 Å². The number of nitrogens with two attached hydrogens (primary N) is 1. The molecule has 0 aliphatic carbocycles. The molecular weight excluding hydrogens is 172 g/mol. The van der Waals surface area contributed by atoms with Crippen molar-refractivity contribution in [1.82, 2.24) is 0 Å². The summed E-state index contributed by atoms with van der Waals surface area (Å²) in [5.41, 5.74) is 10.1. The third-order valence-electron chi connectivity index (χ3n) is 3.20. The molecule has 76 valence electrons. The molecule has 1 aromatic rings. The summed E-state index contributed by atoms with van der Waals surface area (Å²) in [7, 11) is 2.14. The molecule has 1 atom stereocenters. The van der Waals surface area contributed by atoms with Gasteiger partial charge in [-0.05, 0) is 31.4 Å². The Hall–Kier alpha value is -1.02. The molecule has 2 nitrogen and oxygen atoms in total. The maximum Gasteiger partial charge on any atom is 0.0444 e. The zero-order valence-electron chi connectivity index (χ0n) is 9.17. The first-order chi connectivity index (χ1) is 6.52. The van der Waals surface area contributed by atoms with Gasteiger partial charge in [-0.2, -0.15) is 0 Å². The van der Waals surface area contributed by atoms with Crippen molar-refractivity contribution < 1.29 is 0 Å². The summed E-state index contributed by atoms with van der Waals surface area (Å²) in [6, 6.07) is 6.40. The van der Waals surface area contributed by atoms with Crippen molar-refractivity contribution in [3.63, 3.8) is 0 Å². The molecule has 0 aromatic heterocycles. The second kappa shape index (κ2) is 2.99. The zero-order chi connectivity index (χ0) is 10.3. The van der Waals surface area contributed by atoms with Crippen LogP contribution in [0.15, 0.2) is 18.2 Å². The van der Waals surface area contributed by atoms with Crippen molar-refractivity contribution in [2.24, 2.45) is 5.73 Å². The smallest absolute Gasteiger partial charge is 0.0444 e. The first-order valence-corrected chi connectivity index (χ1v) is 5.12. The molecule has 0 radical (unpaired) electrons. The number of aryl methyl sites for hydroxylation is 1. The maximum atomic E-state index is 6.29. The summed E-state index contributed by atoms with van der Waals surface area (Å²) in [5, 5.41) is 0. The van der Waals surface area contributed by atoms with Crippen molar-refractivity contribution in [2.75, 3.05) is 18.5 Å². The first kappa shape index (κ1) is 9.53. The van der Waals surface area contributed by atoms with Crippen LogP contribution >= 0.6 is 0 Å². The summed E-state index contributed by atoms with van der Waals surface area (Å²) < 4.78 is 0. The Bertz CT molecular complexity index is 355. The number of anilines is 1. The van der Waals surface area contributed by atoms with Crippen LogP contribution in [0.5, 0.6) is 0 Å². The van der Waals surface area contributed by atoms with E-state index in [1.807, 2.05) is 0 Å². The van der Waals surface area contributed by atoms with E-state index in [0.29, 0.717) is 0 Å². The highest BCUT2D eigenvalue weighted by atomic mass is 15.1. The van der Waals surface area contributed by atoms with E-state index in [2.05, 4.69) is 44.0 Å². The van der Waals surface area contributed by atoms with Gasteiger partial charge in [0.15, 0.2) is 0 Å². The van der Waals surface area contributed by atoms with E-state index in [9.17, 15) is 0 Å². The topological polar surface area (TPSA) is 29.3 Å². The number of rotatable bonds is 0. The van der Waals surface area contributed by atoms with E-state index < -0.39 is 0 Å². The molecule has 0 amide bonds. The lowest BCUT2D eigenvalue weighted by Gasteiger charge is -2.39. The molecule has 0 fully saturated rings. The van der Waals surface area contributed by atoms with E-state index in [1.54, 1.807) is 0 Å². The second-order valence-corrected chi connectivity index (χ2v) is 4.56. The minimum absolute atomic E-state index is 0.159. The normalized spacial score (nSPS) is 26.1. The fourth-order valence-electron chi connectivity index (χ4n) is 2.27. The molecule has 2 rings (SSSR count). The Kier molecular flexibility index (Phi) is 2.04. The summed E-state index contributed by atoms with van der Waals surface area (Å²) in [5.74, 6) is 0. The van der Waals surface area contributed by atoms with Crippen LogP contribution in [0, 0.1) is 6.92 Å². The largest absolute Gasteiger partial charge is 0.374 e. The molecule has 0 saturated carbocycles. The predicted octanol–water partition coefficient (Wildman–Crippen LogP) is 2.01. The van der Waals surface area contributed by atoms with Crippen LogP contribution in [-0.4, -0.2) is 13.6 Å². The number of hydrogen-bond acceptors (Lipinski definition) is 2. The van der Waals surface area contributed by atoms with Crippen molar-refractivity contribution >= 4 is 5.69 Å². The Balaban J connectivity index is 2.63. The van der Waals surface area contributed by atoms with Gasteiger partial charge in [-0.3, -0.25) is 0 Å². The average Bonchev–Trinajstić information content (AvgIpc) is 2.12. The summed E-state index contributed by atoms with van der Waals surface area (Å²) in [6.07, 6.45) is 1.03. The zero-order valence-corrected chi connectivity index (χ0v) is 9.17. The number of fused-ring (bicyclic) bond motifs is 1. The van der Waals surface area contributed by atoms with Crippen LogP contribution in [0.25, 0.3) is 0 Å². The molecule has 0 saturated heterocycles. The molecule has 0 bridgehead atoms. The molecule has 2 N–H and O–H groups in total. The summed E-state index contributed by atoms with van der Waals surface area (Å²) in [6.45, 7) is 5.32. The second-order valence-electron chi connectivity index (χ2n) is 4.56. The number of para-hydroxylation sites is 1. The molecule has 1 heterocycles. The minimum atomic E-state index is -0.159. The van der Waals surface area contributed by atoms with Crippen LogP contribution in [0.1, 0.15) is 24.5 Å². The number of hydrogen-bond donors (Lipinski definition) is 1. The molecular formula is C12H18N2. The number of benzene rings is 1. The minimum Gasteiger partial charge on any atom is -0.374 e. The predicted molar refractivity (Wildman–Crippen MR) is 60.6 cm³/mol. The van der Waals surface area contributed by atoms with E-state index in [1.165, 1.54) is 16.8 Å². The Morgan fingerprint density at radius 3 is 2.79 bits per heavy atom. The van der Waals surface area contributed by atoms with Gasteiger partial charge < -0.3 is 10.6 Å². The molecule has 0 spiro atoms. The highest BCUT2D eigenvalue weighted by Gasteiger charge is 2.30. The lowest BCUT2D eigenvalue weighted by molar-refractivity contribution is 0.436. The Morgan fingerprint density at radius 1 is 1.43 bits per heavy atom. The van der Waals surface area contributed by atoms with Gasteiger partial charge >= 0.3 is 0 Å². The monoisotopic (exact) mass is 190 g/mol. The van der Waals surface area contributed by atoms with Gasteiger partial charge in [-0.25, -0.2) is 0 Å². The molecule has 1 unspecified atom stereocenters. The van der Waals surface area contributed by atoms with Crippen LogP contribution < -0.4 is 10.6 Å². The lowest BCUT2D eigenvalue weighted by atomic mass is 9.83. The average molecular weight is 190 g/mol. The van der Waals surface area contributed by atoms with Crippen LogP contribution in [0.2, 0.25) is 0 Å². The number of nitrogens with zero attached hydrogens (tertiary/aromatic N) is 1. The molecule has 14 heavy (non-hydrogen) atoms. The molecule has 2 heteroatoms. The van der Waals surface area contributed by atoms with Gasteiger partial charge in [0.25, 0.3) is 0 Å². The third kappa shape index (κ3) is 1.30. The summed E-state index contributed by atoms with van der Waals surface area (Å²) in [4.78, 5) is 2.30. The van der Waals surface area contributed by atoms with Crippen molar-refractivity contribution in [3.8, 4) is 0 Å². The van der Waals surface area contributed by atoms with Gasteiger partial charge in [0.1, 0.15) is 0 Å². The van der Waals surface area contributed by atoms with Crippen molar-refractivity contribution in [1.29, 1.82) is 0 Å². The fraction of sp³-hybridized carbons (Fsp3) is 0.500. The SMILES string of the molecule is Cc1cccc2c1N(C)CCC2(C)N. The van der Waals surface area contributed by atoms with Gasteiger partial charge in [0.05, 0.1) is 0 Å². The Morgan fingerprint density at radius 2 is 2.14 bits per heavy atom. The maximum absolute atomic E-state index is 6.29.